The topological polar surface area (TPSA) is 26.3 Å². The summed E-state index contributed by atoms with van der Waals surface area (Å²) in [5.41, 5.74) is 1.05. The molecule has 80 valence electrons. The molecule has 0 N–H and O–H groups in total. The predicted octanol–water partition coefficient (Wildman–Crippen LogP) is 2.93. The number of carbonyl (C=O) groups excluding carboxylic acids is 1. The number of ether oxygens (including phenoxy) is 1. The van der Waals surface area contributed by atoms with Gasteiger partial charge < -0.3 is 4.74 Å². The number of rotatable bonds is 2. The Hall–Kier alpha value is -0.790. The molecular weight excluding hydrogens is 176 g/mol. The van der Waals surface area contributed by atoms with E-state index in [1.54, 1.807) is 0 Å². The number of esters is 1. The van der Waals surface area contributed by atoms with Crippen LogP contribution in [0.15, 0.2) is 11.6 Å². The van der Waals surface area contributed by atoms with Crippen molar-refractivity contribution in [2.75, 3.05) is 6.61 Å². The number of hydrogen-bond donors (Lipinski definition) is 0. The first-order valence-corrected chi connectivity index (χ1v) is 5.34. The lowest BCUT2D eigenvalue weighted by molar-refractivity contribution is -0.139. The first-order valence-electron chi connectivity index (χ1n) is 5.34. The standard InChI is InChI=1S/C12H20O2/c1-5-14-11(13)9-7-6-8-10(9)12(2,3)4/h7,10H,5-6,8H2,1-4H3. The van der Waals surface area contributed by atoms with Crippen LogP contribution < -0.4 is 0 Å². The van der Waals surface area contributed by atoms with Crippen LogP contribution in [0.5, 0.6) is 0 Å². The Labute approximate surface area is 86.3 Å². The highest BCUT2D eigenvalue weighted by Gasteiger charge is 2.34. The van der Waals surface area contributed by atoms with Crippen molar-refractivity contribution in [3.8, 4) is 0 Å². The molecule has 1 rings (SSSR count). The Morgan fingerprint density at radius 1 is 1.57 bits per heavy atom. The van der Waals surface area contributed by atoms with E-state index in [-0.39, 0.29) is 11.4 Å². The molecule has 2 nitrogen and oxygen atoms in total. The molecule has 0 aliphatic heterocycles. The highest BCUT2D eigenvalue weighted by Crippen LogP contribution is 2.40. The van der Waals surface area contributed by atoms with E-state index in [0.29, 0.717) is 12.5 Å². The number of carbonyl (C=O) groups is 1. The quantitative estimate of drug-likeness (QED) is 0.635. The minimum Gasteiger partial charge on any atom is -0.463 e. The molecule has 1 atom stereocenters. The Morgan fingerprint density at radius 3 is 2.71 bits per heavy atom. The molecule has 0 saturated heterocycles. The van der Waals surface area contributed by atoms with Gasteiger partial charge in [0, 0.05) is 5.57 Å². The van der Waals surface area contributed by atoms with Crippen molar-refractivity contribution < 1.29 is 9.53 Å². The van der Waals surface area contributed by atoms with Crippen molar-refractivity contribution in [1.82, 2.24) is 0 Å². The molecule has 0 aromatic rings. The highest BCUT2D eigenvalue weighted by molar-refractivity contribution is 5.89. The van der Waals surface area contributed by atoms with Gasteiger partial charge in [-0.05, 0) is 31.1 Å². The van der Waals surface area contributed by atoms with Gasteiger partial charge in [-0.25, -0.2) is 4.79 Å². The zero-order valence-corrected chi connectivity index (χ0v) is 9.59. The monoisotopic (exact) mass is 196 g/mol. The van der Waals surface area contributed by atoms with E-state index in [0.717, 1.165) is 18.4 Å². The fourth-order valence-electron chi connectivity index (χ4n) is 2.04. The van der Waals surface area contributed by atoms with E-state index in [1.165, 1.54) is 0 Å². The van der Waals surface area contributed by atoms with Gasteiger partial charge in [0.2, 0.25) is 0 Å². The lowest BCUT2D eigenvalue weighted by Crippen LogP contribution is -2.24. The Morgan fingerprint density at radius 2 is 2.21 bits per heavy atom. The van der Waals surface area contributed by atoms with Gasteiger partial charge in [0.1, 0.15) is 0 Å². The van der Waals surface area contributed by atoms with Crippen LogP contribution in [0.1, 0.15) is 40.5 Å². The minimum absolute atomic E-state index is 0.120. The van der Waals surface area contributed by atoms with Gasteiger partial charge in [0.05, 0.1) is 6.61 Å². The molecule has 0 fully saturated rings. The molecule has 0 saturated carbocycles. The van der Waals surface area contributed by atoms with Gasteiger partial charge in [-0.3, -0.25) is 0 Å². The van der Waals surface area contributed by atoms with Crippen LogP contribution in [-0.4, -0.2) is 12.6 Å². The third kappa shape index (κ3) is 2.37. The van der Waals surface area contributed by atoms with Gasteiger partial charge in [-0.2, -0.15) is 0 Å². The molecule has 1 unspecified atom stereocenters. The van der Waals surface area contributed by atoms with E-state index in [1.807, 2.05) is 13.0 Å². The van der Waals surface area contributed by atoms with Crippen molar-refractivity contribution >= 4 is 5.97 Å². The summed E-state index contributed by atoms with van der Waals surface area (Å²) in [6.07, 6.45) is 4.13. The van der Waals surface area contributed by atoms with E-state index in [4.69, 9.17) is 4.74 Å². The second kappa shape index (κ2) is 4.16. The maximum atomic E-state index is 11.6. The van der Waals surface area contributed by atoms with Crippen LogP contribution >= 0.6 is 0 Å². The molecule has 0 heterocycles. The summed E-state index contributed by atoms with van der Waals surface area (Å²) >= 11 is 0. The van der Waals surface area contributed by atoms with Crippen LogP contribution in [0.25, 0.3) is 0 Å². The molecule has 1 aliphatic rings. The molecule has 14 heavy (non-hydrogen) atoms. The SMILES string of the molecule is CCOC(=O)C1=CCCC1C(C)(C)C. The van der Waals surface area contributed by atoms with E-state index in [2.05, 4.69) is 20.8 Å². The fourth-order valence-corrected chi connectivity index (χ4v) is 2.04. The Bertz CT molecular complexity index is 246. The van der Waals surface area contributed by atoms with Crippen molar-refractivity contribution in [3.05, 3.63) is 11.6 Å². The van der Waals surface area contributed by atoms with Crippen molar-refractivity contribution in [1.29, 1.82) is 0 Å². The summed E-state index contributed by atoms with van der Waals surface area (Å²) in [6, 6.07) is 0. The van der Waals surface area contributed by atoms with Crippen molar-refractivity contribution in [2.24, 2.45) is 11.3 Å². The van der Waals surface area contributed by atoms with Crippen molar-refractivity contribution in [2.45, 2.75) is 40.5 Å². The molecule has 2 heteroatoms. The first kappa shape index (κ1) is 11.3. The summed E-state index contributed by atoms with van der Waals surface area (Å²) in [7, 11) is 0. The van der Waals surface area contributed by atoms with Gasteiger partial charge in [-0.1, -0.05) is 26.8 Å². The van der Waals surface area contributed by atoms with E-state index in [9.17, 15) is 4.79 Å². The number of allylic oxidation sites excluding steroid dienone is 1. The third-order valence-electron chi connectivity index (χ3n) is 2.75. The fraction of sp³-hybridized carbons (Fsp3) is 0.750. The molecule has 0 aromatic heterocycles. The third-order valence-corrected chi connectivity index (χ3v) is 2.75. The van der Waals surface area contributed by atoms with Gasteiger partial charge >= 0.3 is 5.97 Å². The number of hydrogen-bond acceptors (Lipinski definition) is 2. The van der Waals surface area contributed by atoms with Crippen LogP contribution in [0.3, 0.4) is 0 Å². The lowest BCUT2D eigenvalue weighted by Gasteiger charge is -2.28. The summed E-state index contributed by atoms with van der Waals surface area (Å²) in [4.78, 5) is 11.6. The van der Waals surface area contributed by atoms with Crippen LogP contribution in [-0.2, 0) is 9.53 Å². The molecule has 0 amide bonds. The zero-order chi connectivity index (χ0) is 10.8. The Kier molecular flexibility index (Phi) is 3.35. The predicted molar refractivity (Wildman–Crippen MR) is 56.9 cm³/mol. The second-order valence-electron chi connectivity index (χ2n) is 4.88. The molecule has 0 radical (unpaired) electrons. The van der Waals surface area contributed by atoms with E-state index >= 15 is 0 Å². The Balaban J connectivity index is 2.73. The molecule has 0 aromatic carbocycles. The normalized spacial score (nSPS) is 22.0. The average molecular weight is 196 g/mol. The largest absolute Gasteiger partial charge is 0.463 e. The summed E-state index contributed by atoms with van der Waals surface area (Å²) < 4.78 is 5.04. The van der Waals surface area contributed by atoms with Gasteiger partial charge in [0.15, 0.2) is 0 Å². The molecule has 1 aliphatic carbocycles. The first-order chi connectivity index (χ1) is 6.46. The smallest absolute Gasteiger partial charge is 0.333 e. The minimum atomic E-state index is -0.120. The van der Waals surface area contributed by atoms with Gasteiger partial charge in [-0.15, -0.1) is 0 Å². The van der Waals surface area contributed by atoms with Crippen molar-refractivity contribution in [3.63, 3.8) is 0 Å². The molecule has 0 bridgehead atoms. The maximum Gasteiger partial charge on any atom is 0.333 e. The average Bonchev–Trinajstić information content (AvgIpc) is 2.50. The van der Waals surface area contributed by atoms with E-state index < -0.39 is 0 Å². The van der Waals surface area contributed by atoms with Crippen LogP contribution in [0.2, 0.25) is 0 Å². The molecular formula is C12H20O2. The molecule has 0 spiro atoms. The summed E-state index contributed by atoms with van der Waals surface area (Å²) in [6.45, 7) is 8.84. The highest BCUT2D eigenvalue weighted by atomic mass is 16.5. The van der Waals surface area contributed by atoms with Crippen LogP contribution in [0.4, 0.5) is 0 Å². The lowest BCUT2D eigenvalue weighted by atomic mass is 9.77. The summed E-state index contributed by atoms with van der Waals surface area (Å²) in [5, 5.41) is 0. The maximum absolute atomic E-state index is 11.6. The van der Waals surface area contributed by atoms with Crippen LogP contribution in [0, 0.1) is 11.3 Å². The van der Waals surface area contributed by atoms with Gasteiger partial charge in [0.25, 0.3) is 0 Å². The zero-order valence-electron chi connectivity index (χ0n) is 9.59. The second-order valence-corrected chi connectivity index (χ2v) is 4.88. The summed E-state index contributed by atoms with van der Waals surface area (Å²) in [5.74, 6) is 0.242.